The zero-order valence-electron chi connectivity index (χ0n) is 11.2. The van der Waals surface area contributed by atoms with E-state index >= 15 is 0 Å². The highest BCUT2D eigenvalue weighted by atomic mass is 16.6. The Balaban J connectivity index is 1.81. The van der Waals surface area contributed by atoms with Crippen molar-refractivity contribution in [2.75, 3.05) is 0 Å². The van der Waals surface area contributed by atoms with E-state index in [-0.39, 0.29) is 11.5 Å². The number of fused-ring (bicyclic) bond motifs is 2. The first kappa shape index (κ1) is 11.8. The molecule has 0 N–H and O–H groups in total. The van der Waals surface area contributed by atoms with Gasteiger partial charge in [-0.1, -0.05) is 20.8 Å². The molecule has 0 saturated heterocycles. The van der Waals surface area contributed by atoms with E-state index in [1.54, 1.807) is 12.1 Å². The fourth-order valence-corrected chi connectivity index (χ4v) is 3.91. The molecule has 2 saturated carbocycles. The van der Waals surface area contributed by atoms with Gasteiger partial charge in [-0.05, 0) is 36.7 Å². The zero-order chi connectivity index (χ0) is 13.0. The summed E-state index contributed by atoms with van der Waals surface area (Å²) in [6, 6.07) is 3.40. The molecule has 3 unspecified atom stereocenters. The van der Waals surface area contributed by atoms with Gasteiger partial charge in [0.1, 0.15) is 6.10 Å². The summed E-state index contributed by atoms with van der Waals surface area (Å²) < 4.78 is 11.3. The van der Waals surface area contributed by atoms with Crippen molar-refractivity contribution in [2.24, 2.45) is 16.7 Å². The van der Waals surface area contributed by atoms with E-state index in [1.165, 1.54) is 12.8 Å². The van der Waals surface area contributed by atoms with Gasteiger partial charge in [0, 0.05) is 11.5 Å². The van der Waals surface area contributed by atoms with Crippen molar-refractivity contribution in [2.45, 2.75) is 46.1 Å². The van der Waals surface area contributed by atoms with Crippen LogP contribution in [0.1, 0.15) is 50.6 Å². The summed E-state index contributed by atoms with van der Waals surface area (Å²) in [5.41, 5.74) is 0.545. The molecule has 1 heterocycles. The maximum Gasteiger partial charge on any atom is 0.285 e. The van der Waals surface area contributed by atoms with Crippen LogP contribution in [0.2, 0.25) is 0 Å². The molecule has 2 fully saturated rings. The summed E-state index contributed by atoms with van der Waals surface area (Å²) in [6.07, 6.45) is 4.54. The second-order valence-electron chi connectivity index (χ2n) is 6.49. The first-order valence-corrected chi connectivity index (χ1v) is 6.69. The van der Waals surface area contributed by atoms with Gasteiger partial charge in [0.05, 0.1) is 0 Å². The highest BCUT2D eigenvalue weighted by Crippen LogP contribution is 2.66. The summed E-state index contributed by atoms with van der Waals surface area (Å²) in [6.45, 7) is 7.04. The molecule has 0 aliphatic heterocycles. The van der Waals surface area contributed by atoms with Gasteiger partial charge >= 0.3 is 0 Å². The molecule has 1 aromatic rings. The van der Waals surface area contributed by atoms with Crippen molar-refractivity contribution in [3.05, 3.63) is 17.9 Å². The lowest BCUT2D eigenvalue weighted by atomic mass is 9.70. The maximum absolute atomic E-state index is 10.6. The third kappa shape index (κ3) is 1.39. The average molecular weight is 248 g/mol. The van der Waals surface area contributed by atoms with Crippen molar-refractivity contribution in [1.82, 2.24) is 0 Å². The van der Waals surface area contributed by atoms with Crippen LogP contribution < -0.4 is 4.74 Å². The summed E-state index contributed by atoms with van der Waals surface area (Å²) in [4.78, 5) is 10.6. The Morgan fingerprint density at radius 1 is 1.39 bits per heavy atom. The smallest absolute Gasteiger partial charge is 0.285 e. The Bertz CT molecular complexity index is 474. The van der Waals surface area contributed by atoms with E-state index in [9.17, 15) is 4.79 Å². The third-order valence-corrected chi connectivity index (χ3v) is 5.69. The van der Waals surface area contributed by atoms with Crippen molar-refractivity contribution in [3.63, 3.8) is 0 Å². The largest absolute Gasteiger partial charge is 0.461 e. The summed E-state index contributed by atoms with van der Waals surface area (Å²) in [7, 11) is 0. The lowest BCUT2D eigenvalue weighted by molar-refractivity contribution is 0.0151. The van der Waals surface area contributed by atoms with E-state index in [2.05, 4.69) is 20.8 Å². The van der Waals surface area contributed by atoms with Crippen LogP contribution in [0.4, 0.5) is 0 Å². The number of carbonyl (C=O) groups is 1. The molecule has 2 bridgehead atoms. The Kier molecular flexibility index (Phi) is 2.38. The monoisotopic (exact) mass is 248 g/mol. The maximum atomic E-state index is 10.6. The molecule has 3 nitrogen and oxygen atoms in total. The minimum atomic E-state index is 0.205. The van der Waals surface area contributed by atoms with Gasteiger partial charge in [0.2, 0.25) is 0 Å². The first-order chi connectivity index (χ1) is 8.47. The third-order valence-electron chi connectivity index (χ3n) is 5.69. The number of hydrogen-bond donors (Lipinski definition) is 0. The predicted molar refractivity (Wildman–Crippen MR) is 67.7 cm³/mol. The minimum Gasteiger partial charge on any atom is -0.461 e. The molecule has 2 aliphatic rings. The first-order valence-electron chi connectivity index (χ1n) is 6.69. The second kappa shape index (κ2) is 3.62. The van der Waals surface area contributed by atoms with E-state index in [4.69, 9.17) is 9.15 Å². The molecule has 0 radical (unpaired) electrons. The Morgan fingerprint density at radius 2 is 2.17 bits per heavy atom. The van der Waals surface area contributed by atoms with E-state index < -0.39 is 0 Å². The zero-order valence-corrected chi connectivity index (χ0v) is 11.2. The van der Waals surface area contributed by atoms with Gasteiger partial charge in [-0.3, -0.25) is 4.79 Å². The SMILES string of the molecule is CC1(C)C2CCC1(C)C(Oc1ccc(C=O)o1)C2. The van der Waals surface area contributed by atoms with Crippen LogP contribution in [0, 0.1) is 16.7 Å². The van der Waals surface area contributed by atoms with Crippen LogP contribution in [0.3, 0.4) is 0 Å². The summed E-state index contributed by atoms with van der Waals surface area (Å²) >= 11 is 0. The number of ether oxygens (including phenoxy) is 1. The number of rotatable bonds is 3. The standard InChI is InChI=1S/C15H20O3/c1-14(2)10-6-7-15(14,3)12(8-10)18-13-5-4-11(9-16)17-13/h4-5,9-10,12H,6-8H2,1-3H3. The molecule has 1 aromatic heterocycles. The lowest BCUT2D eigenvalue weighted by Gasteiger charge is -2.38. The molecule has 3 heteroatoms. The summed E-state index contributed by atoms with van der Waals surface area (Å²) in [5.74, 6) is 1.55. The van der Waals surface area contributed by atoms with E-state index in [0.717, 1.165) is 12.3 Å². The van der Waals surface area contributed by atoms with Crippen LogP contribution in [0.5, 0.6) is 5.95 Å². The van der Waals surface area contributed by atoms with Crippen LogP contribution in [-0.4, -0.2) is 12.4 Å². The molecule has 0 spiro atoms. The summed E-state index contributed by atoms with van der Waals surface area (Å²) in [5, 5.41) is 0. The Morgan fingerprint density at radius 3 is 2.67 bits per heavy atom. The van der Waals surface area contributed by atoms with Gasteiger partial charge in [-0.15, -0.1) is 0 Å². The minimum absolute atomic E-state index is 0.205. The van der Waals surface area contributed by atoms with Crippen LogP contribution >= 0.6 is 0 Å². The molecule has 3 atom stereocenters. The number of hydrogen-bond acceptors (Lipinski definition) is 3. The van der Waals surface area contributed by atoms with Crippen LogP contribution in [0.25, 0.3) is 0 Å². The topological polar surface area (TPSA) is 39.4 Å². The molecule has 0 aromatic carbocycles. The van der Waals surface area contributed by atoms with Crippen LogP contribution in [0.15, 0.2) is 16.5 Å². The number of aldehydes is 1. The van der Waals surface area contributed by atoms with Crippen molar-refractivity contribution < 1.29 is 13.9 Å². The molecular weight excluding hydrogens is 228 g/mol. The Hall–Kier alpha value is -1.25. The van der Waals surface area contributed by atoms with Gasteiger partial charge in [0.15, 0.2) is 12.0 Å². The number of carbonyl (C=O) groups excluding carboxylic acids is 1. The van der Waals surface area contributed by atoms with Gasteiger partial charge < -0.3 is 9.15 Å². The van der Waals surface area contributed by atoms with E-state index in [1.807, 2.05) is 0 Å². The molecular formula is C15H20O3. The van der Waals surface area contributed by atoms with Crippen molar-refractivity contribution in [1.29, 1.82) is 0 Å². The van der Waals surface area contributed by atoms with Crippen molar-refractivity contribution >= 4 is 6.29 Å². The highest BCUT2D eigenvalue weighted by molar-refractivity contribution is 5.70. The molecule has 98 valence electrons. The average Bonchev–Trinajstić information content (AvgIpc) is 2.92. The van der Waals surface area contributed by atoms with Gasteiger partial charge in [0.25, 0.3) is 5.95 Å². The molecule has 0 amide bonds. The highest BCUT2D eigenvalue weighted by Gasteiger charge is 2.62. The fourth-order valence-electron chi connectivity index (χ4n) is 3.91. The molecule has 3 rings (SSSR count). The van der Waals surface area contributed by atoms with Crippen molar-refractivity contribution in [3.8, 4) is 5.95 Å². The number of furan rings is 1. The molecule has 2 aliphatic carbocycles. The van der Waals surface area contributed by atoms with Gasteiger partial charge in [-0.2, -0.15) is 0 Å². The normalized spacial score (nSPS) is 36.8. The second-order valence-corrected chi connectivity index (χ2v) is 6.49. The quantitative estimate of drug-likeness (QED) is 0.766. The van der Waals surface area contributed by atoms with E-state index in [0.29, 0.717) is 23.4 Å². The Labute approximate surface area is 108 Å². The van der Waals surface area contributed by atoms with Gasteiger partial charge in [-0.25, -0.2) is 0 Å². The molecule has 18 heavy (non-hydrogen) atoms. The predicted octanol–water partition coefficient (Wildman–Crippen LogP) is 3.69. The van der Waals surface area contributed by atoms with Crippen LogP contribution in [-0.2, 0) is 0 Å². The lowest BCUT2D eigenvalue weighted by Crippen LogP contribution is -2.38. The fraction of sp³-hybridized carbons (Fsp3) is 0.667.